The predicted octanol–water partition coefficient (Wildman–Crippen LogP) is 3.77. The Hall–Kier alpha value is -1.33. The first-order valence-corrected chi connectivity index (χ1v) is 7.62. The van der Waals surface area contributed by atoms with Gasteiger partial charge in [0.15, 0.2) is 5.16 Å². The highest BCUT2D eigenvalue weighted by Gasteiger charge is 2.17. The molecule has 0 aliphatic rings. The van der Waals surface area contributed by atoms with E-state index in [9.17, 15) is 4.39 Å². The molecule has 0 fully saturated rings. The van der Waals surface area contributed by atoms with Crippen molar-refractivity contribution in [1.82, 2.24) is 14.9 Å². The van der Waals surface area contributed by atoms with Crippen molar-refractivity contribution in [3.8, 4) is 0 Å². The Labute approximate surface area is 123 Å². The fourth-order valence-corrected chi connectivity index (χ4v) is 3.08. The molecule has 1 heterocycles. The van der Waals surface area contributed by atoms with Crippen LogP contribution in [-0.2, 0) is 7.05 Å². The first-order chi connectivity index (χ1) is 9.63. The van der Waals surface area contributed by atoms with E-state index in [1.165, 1.54) is 17.8 Å². The first kappa shape index (κ1) is 15.1. The second-order valence-electron chi connectivity index (χ2n) is 4.75. The van der Waals surface area contributed by atoms with Gasteiger partial charge in [-0.25, -0.2) is 9.37 Å². The van der Waals surface area contributed by atoms with E-state index < -0.39 is 0 Å². The lowest BCUT2D eigenvalue weighted by atomic mass is 10.1. The molecule has 1 aromatic heterocycles. The number of hydrogen-bond donors (Lipinski definition) is 1. The van der Waals surface area contributed by atoms with Gasteiger partial charge in [-0.05, 0) is 32.0 Å². The summed E-state index contributed by atoms with van der Waals surface area (Å²) in [6, 6.07) is 5.19. The van der Waals surface area contributed by atoms with E-state index in [2.05, 4.69) is 17.2 Å². The van der Waals surface area contributed by atoms with Gasteiger partial charge in [-0.3, -0.25) is 0 Å². The van der Waals surface area contributed by atoms with Gasteiger partial charge < -0.3 is 9.88 Å². The minimum absolute atomic E-state index is 0.0149. The summed E-state index contributed by atoms with van der Waals surface area (Å²) in [6.45, 7) is 4.98. The molecule has 5 heteroatoms. The molecule has 3 nitrogen and oxygen atoms in total. The molecule has 0 saturated carbocycles. The molecule has 0 aliphatic carbocycles. The molecule has 0 spiro atoms. The molecule has 0 aliphatic heterocycles. The Morgan fingerprint density at radius 2 is 2.25 bits per heavy atom. The van der Waals surface area contributed by atoms with Gasteiger partial charge in [0.05, 0.1) is 0 Å². The molecule has 1 aromatic carbocycles. The molecule has 0 saturated heterocycles. The van der Waals surface area contributed by atoms with E-state index >= 15 is 0 Å². The predicted molar refractivity (Wildman–Crippen MR) is 80.4 cm³/mol. The average Bonchev–Trinajstić information content (AvgIpc) is 2.82. The molecule has 108 valence electrons. The van der Waals surface area contributed by atoms with Crippen molar-refractivity contribution in [2.24, 2.45) is 7.05 Å². The molecular formula is C15H20FN3S. The smallest absolute Gasteiger partial charge is 0.172 e. The Morgan fingerprint density at radius 1 is 1.45 bits per heavy atom. The second-order valence-corrected chi connectivity index (χ2v) is 5.76. The van der Waals surface area contributed by atoms with Crippen molar-refractivity contribution in [3.05, 3.63) is 42.0 Å². The van der Waals surface area contributed by atoms with E-state index in [1.54, 1.807) is 12.3 Å². The normalized spacial score (nSPS) is 12.6. The Kier molecular flexibility index (Phi) is 5.20. The monoisotopic (exact) mass is 293 g/mol. The lowest BCUT2D eigenvalue weighted by molar-refractivity contribution is 0.518. The number of aryl methyl sites for hydroxylation is 1. The maximum Gasteiger partial charge on any atom is 0.172 e. The molecule has 0 bridgehead atoms. The van der Waals surface area contributed by atoms with Crippen LogP contribution in [0.2, 0.25) is 0 Å². The molecule has 2 rings (SSSR count). The van der Waals surface area contributed by atoms with Crippen LogP contribution >= 0.6 is 11.8 Å². The van der Waals surface area contributed by atoms with Crippen LogP contribution in [0.4, 0.5) is 4.39 Å². The number of benzene rings is 1. The summed E-state index contributed by atoms with van der Waals surface area (Å²) in [6.07, 6.45) is 4.67. The minimum Gasteiger partial charge on any atom is -0.329 e. The maximum absolute atomic E-state index is 14.2. The summed E-state index contributed by atoms with van der Waals surface area (Å²) in [5, 5.41) is 4.20. The molecule has 0 amide bonds. The standard InChI is InChI=1S/C15H20FN3S/c1-4-8-17-11(2)14-12(16)6-5-7-13(14)20-15-18-9-10-19(15)3/h5-7,9-11,17H,4,8H2,1-3H3. The van der Waals surface area contributed by atoms with Crippen LogP contribution in [0.1, 0.15) is 31.9 Å². The molecule has 0 radical (unpaired) electrons. The van der Waals surface area contributed by atoms with Gasteiger partial charge in [-0.1, -0.05) is 24.8 Å². The van der Waals surface area contributed by atoms with E-state index in [0.717, 1.165) is 23.0 Å². The van der Waals surface area contributed by atoms with E-state index in [1.807, 2.05) is 30.8 Å². The van der Waals surface area contributed by atoms with Crippen LogP contribution in [0, 0.1) is 5.82 Å². The van der Waals surface area contributed by atoms with Gasteiger partial charge >= 0.3 is 0 Å². The van der Waals surface area contributed by atoms with Crippen LogP contribution in [0.15, 0.2) is 40.6 Å². The number of rotatable bonds is 6. The second kappa shape index (κ2) is 6.90. The summed E-state index contributed by atoms with van der Waals surface area (Å²) >= 11 is 1.50. The van der Waals surface area contributed by atoms with Crippen LogP contribution in [0.3, 0.4) is 0 Å². The summed E-state index contributed by atoms with van der Waals surface area (Å²) in [5.41, 5.74) is 0.717. The maximum atomic E-state index is 14.2. The highest BCUT2D eigenvalue weighted by molar-refractivity contribution is 7.99. The van der Waals surface area contributed by atoms with Crippen molar-refractivity contribution < 1.29 is 4.39 Å². The van der Waals surface area contributed by atoms with Crippen molar-refractivity contribution in [1.29, 1.82) is 0 Å². The third-order valence-electron chi connectivity index (χ3n) is 3.12. The van der Waals surface area contributed by atoms with Gasteiger partial charge in [-0.15, -0.1) is 0 Å². The molecule has 1 unspecified atom stereocenters. The number of aromatic nitrogens is 2. The van der Waals surface area contributed by atoms with Gasteiger partial charge in [0, 0.05) is 35.9 Å². The van der Waals surface area contributed by atoms with Crippen molar-refractivity contribution >= 4 is 11.8 Å². The lowest BCUT2D eigenvalue weighted by Crippen LogP contribution is -2.21. The van der Waals surface area contributed by atoms with Gasteiger partial charge in [0.25, 0.3) is 0 Å². The zero-order valence-electron chi connectivity index (χ0n) is 12.1. The van der Waals surface area contributed by atoms with E-state index in [0.29, 0.717) is 5.56 Å². The van der Waals surface area contributed by atoms with Crippen molar-refractivity contribution in [3.63, 3.8) is 0 Å². The quantitative estimate of drug-likeness (QED) is 0.879. The average molecular weight is 293 g/mol. The number of nitrogens with one attached hydrogen (secondary N) is 1. The molecule has 1 atom stereocenters. The van der Waals surface area contributed by atoms with Crippen LogP contribution < -0.4 is 5.32 Å². The first-order valence-electron chi connectivity index (χ1n) is 6.80. The van der Waals surface area contributed by atoms with Gasteiger partial charge in [0.1, 0.15) is 5.82 Å². The summed E-state index contributed by atoms with van der Waals surface area (Å²) < 4.78 is 16.1. The highest BCUT2D eigenvalue weighted by atomic mass is 32.2. The zero-order chi connectivity index (χ0) is 14.5. The van der Waals surface area contributed by atoms with Gasteiger partial charge in [0.2, 0.25) is 0 Å². The highest BCUT2D eigenvalue weighted by Crippen LogP contribution is 2.33. The fourth-order valence-electron chi connectivity index (χ4n) is 2.04. The number of halogens is 1. The molecule has 2 aromatic rings. The number of imidazole rings is 1. The van der Waals surface area contributed by atoms with E-state index in [4.69, 9.17) is 0 Å². The lowest BCUT2D eigenvalue weighted by Gasteiger charge is -2.18. The third kappa shape index (κ3) is 3.41. The van der Waals surface area contributed by atoms with E-state index in [-0.39, 0.29) is 11.9 Å². The number of hydrogen-bond acceptors (Lipinski definition) is 3. The molecule has 20 heavy (non-hydrogen) atoms. The Balaban J connectivity index is 2.28. The van der Waals surface area contributed by atoms with Crippen LogP contribution in [0.25, 0.3) is 0 Å². The molecule has 1 N–H and O–H groups in total. The topological polar surface area (TPSA) is 29.9 Å². The summed E-state index contributed by atoms with van der Waals surface area (Å²) in [5.74, 6) is -0.166. The van der Waals surface area contributed by atoms with Crippen LogP contribution in [-0.4, -0.2) is 16.1 Å². The van der Waals surface area contributed by atoms with Crippen molar-refractivity contribution in [2.75, 3.05) is 6.54 Å². The number of nitrogens with zero attached hydrogens (tertiary/aromatic N) is 2. The zero-order valence-corrected chi connectivity index (χ0v) is 12.9. The van der Waals surface area contributed by atoms with Crippen molar-refractivity contribution in [2.45, 2.75) is 36.4 Å². The van der Waals surface area contributed by atoms with Gasteiger partial charge in [-0.2, -0.15) is 0 Å². The largest absolute Gasteiger partial charge is 0.329 e. The fraction of sp³-hybridized carbons (Fsp3) is 0.400. The summed E-state index contributed by atoms with van der Waals surface area (Å²) in [4.78, 5) is 5.20. The molecular weight excluding hydrogens is 273 g/mol. The Morgan fingerprint density at radius 3 is 2.90 bits per heavy atom. The summed E-state index contributed by atoms with van der Waals surface area (Å²) in [7, 11) is 1.94. The minimum atomic E-state index is -0.166. The van der Waals surface area contributed by atoms with Crippen LogP contribution in [0.5, 0.6) is 0 Å². The SMILES string of the molecule is CCCNC(C)c1c(F)cccc1Sc1nccn1C. The Bertz CT molecular complexity index is 568. The third-order valence-corrected chi connectivity index (χ3v) is 4.28.